The van der Waals surface area contributed by atoms with Crippen molar-refractivity contribution in [1.82, 2.24) is 5.32 Å². The van der Waals surface area contributed by atoms with Crippen LogP contribution >= 0.6 is 0 Å². The molecule has 2 bridgehead atoms. The number of nitrogens with two attached hydrogens (primary N) is 1. The SMILES string of the molecule is CC(CCC(=O)NCCCCCC(=O)[C@H]1C2C[C@@H](OC3OC(C)C(O)C(N)C3O)C=CC=CC=CC=CC=CC=CC=C[C@H](C)[C@@H](O)[C@H](C)[C@H](C)OC(=O)C[C@H](O)C[C@H](O)CC[C@@H](O)[C@H](O)C[C@H](O)C[C@](O)(C[C@@H]1O)O2)C1CC[C@H]2[C@H]3C(CC(O)C12C)C1(C)CC[C@@H](O)C[C@H]1C[C@@H]3O. The lowest BCUT2D eigenvalue weighted by atomic mass is 9.43. The van der Waals surface area contributed by atoms with Crippen LogP contribution in [0.4, 0.5) is 0 Å². The maximum atomic E-state index is 14.5. The molecule has 7 rings (SSSR count). The van der Waals surface area contributed by atoms with Gasteiger partial charge in [-0.3, -0.25) is 14.4 Å². The number of allylic oxidation sites excluding steroid dienone is 12. The predicted molar refractivity (Wildman–Crippen MR) is 368 cm³/mol. The number of hydrogen-bond acceptors (Lipinski definition) is 21. The first-order valence-corrected chi connectivity index (χ1v) is 36.7. The van der Waals surface area contributed by atoms with E-state index in [9.17, 15) is 80.8 Å². The standard InChI is InChI=1S/C76H122N2O20/c1-44(55-28-29-56-67-57(41-64(88)75(55,56)7)74(6)33-32-51(80)35-49(74)36-61(67)86)26-31-65(89)78-34-22-18-21-25-59(84)68-62(87)43-76(94)42-53(82)38-60(85)58(83)30-27-50(79)37-52(81)39-66(90)95-47(4)46(3)70(91)45(2)23-19-16-14-12-10-8-9-11-13-15-17-20-24-54(40-63(68)98-76)97-73-72(93)69(77)71(92)48(5)96-73/h8-17,19-20,23-24,44-58,60-64,67-73,79-83,85-88,91-94H,18,21-22,25-43,77H2,1-7H3,(H,78,89)/t44?,45-,46+,47-,48?,49-,50+,51+,52+,53-,54-,55?,56-,57?,58+,60+,61-,62-,63?,64?,67-,68+,69?,70+,71?,72?,73?,74?,75?,76+/m0/s1. The molecule has 556 valence electrons. The highest BCUT2D eigenvalue weighted by Gasteiger charge is 2.66. The Morgan fingerprint density at radius 3 is 1.95 bits per heavy atom. The first kappa shape index (κ1) is 81.4. The van der Waals surface area contributed by atoms with E-state index >= 15 is 0 Å². The Balaban J connectivity index is 0.995. The molecule has 6 fully saturated rings. The number of aliphatic hydroxyl groups is 13. The highest BCUT2D eigenvalue weighted by Crippen LogP contribution is 2.68. The van der Waals surface area contributed by atoms with Crippen molar-refractivity contribution in [2.45, 2.75) is 299 Å². The lowest BCUT2D eigenvalue weighted by Crippen LogP contribution is -2.62. The van der Waals surface area contributed by atoms with Gasteiger partial charge in [-0.25, -0.2) is 0 Å². The third-order valence-corrected chi connectivity index (χ3v) is 23.9. The van der Waals surface area contributed by atoms with Crippen LogP contribution in [0.15, 0.2) is 85.1 Å². The van der Waals surface area contributed by atoms with E-state index in [1.165, 1.54) is 0 Å². The number of esters is 1. The molecule has 0 aromatic rings. The molecule has 98 heavy (non-hydrogen) atoms. The Morgan fingerprint density at radius 2 is 1.28 bits per heavy atom. The summed E-state index contributed by atoms with van der Waals surface area (Å²) in [5.74, 6) is -4.47. The van der Waals surface area contributed by atoms with Crippen molar-refractivity contribution in [3.63, 3.8) is 0 Å². The number of cyclic esters (lactones) is 1. The predicted octanol–water partition coefficient (Wildman–Crippen LogP) is 5.25. The number of Topliss-reactive ketones (excluding diaryl/α,β-unsaturated/α-hetero) is 1. The number of carbonyl (C=O) groups is 3. The minimum Gasteiger partial charge on any atom is -0.462 e. The molecule has 22 nitrogen and oxygen atoms in total. The lowest BCUT2D eigenvalue weighted by molar-refractivity contribution is -0.307. The number of nitrogens with one attached hydrogen (secondary N) is 1. The van der Waals surface area contributed by atoms with Crippen molar-refractivity contribution in [2.24, 2.45) is 69.8 Å². The smallest absolute Gasteiger partial charge is 0.308 e. The molecular weight excluding hydrogens is 1260 g/mol. The summed E-state index contributed by atoms with van der Waals surface area (Å²) in [6.07, 6.45) is 11.0. The summed E-state index contributed by atoms with van der Waals surface area (Å²) in [5, 5.41) is 149. The van der Waals surface area contributed by atoms with Crippen molar-refractivity contribution in [3.05, 3.63) is 85.1 Å². The third kappa shape index (κ3) is 21.6. The molecule has 7 aliphatic rings. The van der Waals surface area contributed by atoms with Crippen molar-refractivity contribution < 1.29 is 99.7 Å². The summed E-state index contributed by atoms with van der Waals surface area (Å²) in [4.78, 5) is 40.7. The van der Waals surface area contributed by atoms with Crippen LogP contribution in [0.25, 0.3) is 0 Å². The van der Waals surface area contributed by atoms with Crippen molar-refractivity contribution in [2.75, 3.05) is 6.54 Å². The van der Waals surface area contributed by atoms with Crippen LogP contribution < -0.4 is 11.1 Å². The number of amides is 1. The fourth-order valence-electron chi connectivity index (χ4n) is 17.8. The Hall–Kier alpha value is -3.89. The van der Waals surface area contributed by atoms with Gasteiger partial charge in [0.15, 0.2) is 12.1 Å². The summed E-state index contributed by atoms with van der Waals surface area (Å²) in [6.45, 7) is 13.9. The van der Waals surface area contributed by atoms with Crippen LogP contribution in [0.1, 0.15) is 183 Å². The number of fused-ring (bicyclic) bond motifs is 7. The van der Waals surface area contributed by atoms with Gasteiger partial charge in [0.05, 0.1) is 104 Å². The fourth-order valence-corrected chi connectivity index (χ4v) is 17.8. The van der Waals surface area contributed by atoms with E-state index in [0.29, 0.717) is 57.9 Å². The van der Waals surface area contributed by atoms with Crippen LogP contribution in [-0.2, 0) is 33.3 Å². The Bertz CT molecular complexity index is 2720. The highest BCUT2D eigenvalue weighted by atomic mass is 16.7. The van der Waals surface area contributed by atoms with Gasteiger partial charge in [-0.1, -0.05) is 126 Å². The van der Waals surface area contributed by atoms with Gasteiger partial charge in [-0.15, -0.1) is 0 Å². The number of rotatable bonds is 13. The number of unbranched alkanes of at least 4 members (excludes halogenated alkanes) is 2. The number of aliphatic hydroxyl groups excluding tert-OH is 12. The van der Waals surface area contributed by atoms with E-state index in [-0.39, 0.29) is 102 Å². The molecule has 0 aromatic heterocycles. The zero-order valence-electron chi connectivity index (χ0n) is 59.0. The van der Waals surface area contributed by atoms with E-state index in [2.05, 4.69) is 26.1 Å². The second-order valence-electron chi connectivity index (χ2n) is 30.9. The molecule has 2 saturated heterocycles. The molecule has 3 heterocycles. The van der Waals surface area contributed by atoms with Gasteiger partial charge in [-0.2, -0.15) is 0 Å². The fraction of sp³-hybridized carbons (Fsp3) is 0.776. The maximum absolute atomic E-state index is 14.5. The minimum atomic E-state index is -2.31. The van der Waals surface area contributed by atoms with E-state index in [4.69, 9.17) is 24.7 Å². The number of ether oxygens (including phenoxy) is 4. The zero-order chi connectivity index (χ0) is 71.8. The van der Waals surface area contributed by atoms with Gasteiger partial charge in [-0.05, 0) is 144 Å². The largest absolute Gasteiger partial charge is 0.462 e. The minimum absolute atomic E-state index is 0.0138. The quantitative estimate of drug-likeness (QED) is 0.0827. The van der Waals surface area contributed by atoms with Gasteiger partial charge in [0.2, 0.25) is 5.91 Å². The molecule has 0 radical (unpaired) electrons. The summed E-state index contributed by atoms with van der Waals surface area (Å²) in [5.41, 5.74) is 5.81. The Labute approximate surface area is 580 Å². The molecule has 3 aliphatic heterocycles. The molecule has 16 N–H and O–H groups in total. The van der Waals surface area contributed by atoms with Gasteiger partial charge in [0.1, 0.15) is 18.0 Å². The first-order valence-electron chi connectivity index (χ1n) is 36.7. The van der Waals surface area contributed by atoms with E-state index in [1.54, 1.807) is 63.3 Å². The maximum Gasteiger partial charge on any atom is 0.308 e. The van der Waals surface area contributed by atoms with Crippen LogP contribution in [0.2, 0.25) is 0 Å². The molecule has 1 amide bonds. The Morgan fingerprint density at radius 1 is 0.633 bits per heavy atom. The zero-order valence-corrected chi connectivity index (χ0v) is 59.0. The molecule has 30 atom stereocenters. The van der Waals surface area contributed by atoms with E-state index < -0.39 is 153 Å². The van der Waals surface area contributed by atoms with Crippen molar-refractivity contribution >= 4 is 17.7 Å². The molecule has 0 spiro atoms. The molecule has 22 heteroatoms. The summed E-state index contributed by atoms with van der Waals surface area (Å²) >= 11 is 0. The van der Waals surface area contributed by atoms with Gasteiger partial charge in [0, 0.05) is 56.9 Å². The highest BCUT2D eigenvalue weighted by molar-refractivity contribution is 5.82. The summed E-state index contributed by atoms with van der Waals surface area (Å²) in [6, 6.07) is -1.16. The van der Waals surface area contributed by atoms with Crippen LogP contribution in [0.3, 0.4) is 0 Å². The summed E-state index contributed by atoms with van der Waals surface area (Å²) in [7, 11) is 0. The first-order chi connectivity index (χ1) is 46.4. The average Bonchev–Trinajstić information content (AvgIpc) is 1.34. The lowest BCUT2D eigenvalue weighted by Gasteiger charge is -2.63. The van der Waals surface area contributed by atoms with Crippen LogP contribution in [0, 0.1) is 64.1 Å². The van der Waals surface area contributed by atoms with Crippen LogP contribution in [0.5, 0.6) is 0 Å². The third-order valence-electron chi connectivity index (χ3n) is 23.9. The van der Waals surface area contributed by atoms with Crippen molar-refractivity contribution in [1.29, 1.82) is 0 Å². The number of carbonyl (C=O) groups excluding carboxylic acids is 3. The second-order valence-corrected chi connectivity index (χ2v) is 30.9. The Kier molecular flexibility index (Phi) is 31.2. The van der Waals surface area contributed by atoms with E-state index in [0.717, 1.165) is 25.7 Å². The molecule has 4 aliphatic carbocycles. The second kappa shape index (κ2) is 37.5. The molecular formula is C76H122N2O20. The molecule has 12 unspecified atom stereocenters. The van der Waals surface area contributed by atoms with Gasteiger partial charge in [0.25, 0.3) is 0 Å². The van der Waals surface area contributed by atoms with Crippen LogP contribution in [-0.4, -0.2) is 206 Å². The molecule has 0 aromatic carbocycles. The number of ketones is 1. The topological polar surface area (TPSA) is 389 Å². The van der Waals surface area contributed by atoms with Gasteiger partial charge < -0.3 is 96.4 Å². The number of hydrogen-bond donors (Lipinski definition) is 15. The van der Waals surface area contributed by atoms with E-state index in [1.807, 2.05) is 49.5 Å². The molecule has 4 saturated carbocycles. The van der Waals surface area contributed by atoms with Gasteiger partial charge >= 0.3 is 5.97 Å². The average molecular weight is 1380 g/mol. The summed E-state index contributed by atoms with van der Waals surface area (Å²) < 4.78 is 24.2. The normalized spacial score (nSPS) is 44.2. The monoisotopic (exact) mass is 1380 g/mol. The van der Waals surface area contributed by atoms with Crippen molar-refractivity contribution in [3.8, 4) is 0 Å².